The summed E-state index contributed by atoms with van der Waals surface area (Å²) in [4.78, 5) is 0. The summed E-state index contributed by atoms with van der Waals surface area (Å²) in [6.45, 7) is 24.0. The molecule has 2 nitrogen and oxygen atoms in total. The zero-order valence-corrected chi connectivity index (χ0v) is 32.8. The van der Waals surface area contributed by atoms with Gasteiger partial charge >= 0.3 is 254 Å². The van der Waals surface area contributed by atoms with E-state index in [9.17, 15) is 0 Å². The molecule has 0 aromatic heterocycles. The smallest absolute Gasteiger partial charge is 1.00 e. The fourth-order valence-electron chi connectivity index (χ4n) is 6.00. The molecule has 2 atom stereocenters. The number of rotatable bonds is 12. The first-order valence-corrected chi connectivity index (χ1v) is 23.6. The topological polar surface area (TPSA) is 18.5 Å². The van der Waals surface area contributed by atoms with Crippen LogP contribution in [-0.4, -0.2) is 16.6 Å². The summed E-state index contributed by atoms with van der Waals surface area (Å²) in [7, 11) is -3.99. The van der Waals surface area contributed by atoms with Gasteiger partial charge in [-0.05, 0) is 0 Å². The molecule has 0 radical (unpaired) electrons. The van der Waals surface area contributed by atoms with Crippen molar-refractivity contribution < 1.29 is 56.9 Å². The van der Waals surface area contributed by atoms with E-state index in [4.69, 9.17) is 8.85 Å². The van der Waals surface area contributed by atoms with Gasteiger partial charge in [0.2, 0.25) is 0 Å². The molecule has 2 aromatic rings. The number of halogens is 2. The van der Waals surface area contributed by atoms with Gasteiger partial charge in [0.05, 0.1) is 0 Å². The van der Waals surface area contributed by atoms with Crippen LogP contribution >= 0.6 is 0 Å². The molecule has 0 unspecified atom stereocenters. The Labute approximate surface area is 276 Å². The molecular formula is C34H50Cl2O2Si2Zr. The van der Waals surface area contributed by atoms with Gasteiger partial charge in [0, 0.05) is 0 Å². The minimum absolute atomic E-state index is 0. The Morgan fingerprint density at radius 1 is 0.634 bits per heavy atom. The standard InChI is InChI=1S/2C17H25OSi.2ClH.Zr/c2*1-6-11-17(2,3)19(4,5)18-16-12-14-9-7-8-10-15(14)13-16;;;/h2*7-10,12-13H,6,11H2,1-5H3;2*1H;/q;;;;+2/p-2. The van der Waals surface area contributed by atoms with E-state index in [0.717, 1.165) is 0 Å². The Morgan fingerprint density at radius 2 is 0.976 bits per heavy atom. The summed E-state index contributed by atoms with van der Waals surface area (Å²) in [5.74, 6) is 2.49. The molecule has 4 rings (SSSR count). The minimum atomic E-state index is -1.99. The molecular weight excluding hydrogens is 659 g/mol. The van der Waals surface area contributed by atoms with E-state index < -0.39 is 39.9 Å². The predicted molar refractivity (Wildman–Crippen MR) is 169 cm³/mol. The fraction of sp³-hybridized carbons (Fsp3) is 0.529. The molecule has 0 heterocycles. The predicted octanol–water partition coefficient (Wildman–Crippen LogP) is 4.87. The Kier molecular flexibility index (Phi) is 12.5. The van der Waals surface area contributed by atoms with Crippen molar-refractivity contribution in [3.63, 3.8) is 0 Å². The first-order valence-electron chi connectivity index (χ1n) is 15.0. The van der Waals surface area contributed by atoms with Crippen LogP contribution in [0.2, 0.25) is 36.3 Å². The van der Waals surface area contributed by atoms with E-state index >= 15 is 0 Å². The van der Waals surface area contributed by atoms with Crippen LogP contribution in [0.1, 0.15) is 96.7 Å². The number of hydrogen-bond acceptors (Lipinski definition) is 2. The number of hydrogen-bond donors (Lipinski definition) is 0. The van der Waals surface area contributed by atoms with Crippen molar-refractivity contribution in [1.82, 2.24) is 0 Å². The summed E-state index contributed by atoms with van der Waals surface area (Å²) in [6.07, 6.45) is 9.58. The van der Waals surface area contributed by atoms with Gasteiger partial charge < -0.3 is 24.8 Å². The molecule has 2 aliphatic carbocycles. The van der Waals surface area contributed by atoms with E-state index in [2.05, 4.69) is 128 Å². The second-order valence-electron chi connectivity index (χ2n) is 13.9. The van der Waals surface area contributed by atoms with E-state index in [1.165, 1.54) is 59.5 Å². The first-order chi connectivity index (χ1) is 18.2. The minimum Gasteiger partial charge on any atom is -1.00 e. The van der Waals surface area contributed by atoms with Crippen LogP contribution in [0.5, 0.6) is 0 Å². The van der Waals surface area contributed by atoms with Crippen LogP contribution in [0.25, 0.3) is 12.2 Å². The zero-order valence-electron chi connectivity index (χ0n) is 26.8. The quantitative estimate of drug-likeness (QED) is 0.293. The van der Waals surface area contributed by atoms with Gasteiger partial charge in [-0.15, -0.1) is 0 Å². The number of fused-ring (bicyclic) bond motifs is 2. The Bertz CT molecular complexity index is 1160. The van der Waals surface area contributed by atoms with Gasteiger partial charge in [-0.1, -0.05) is 0 Å². The maximum atomic E-state index is 7.22. The molecule has 0 N–H and O–H groups in total. The van der Waals surface area contributed by atoms with E-state index in [1.807, 2.05) is 0 Å². The van der Waals surface area contributed by atoms with Crippen LogP contribution < -0.4 is 24.8 Å². The van der Waals surface area contributed by atoms with Gasteiger partial charge in [0.1, 0.15) is 0 Å². The van der Waals surface area contributed by atoms with Gasteiger partial charge in [-0.25, -0.2) is 0 Å². The maximum absolute atomic E-state index is 7.22. The molecule has 0 saturated heterocycles. The molecule has 0 amide bonds. The Morgan fingerprint density at radius 3 is 1.32 bits per heavy atom. The monoisotopic (exact) mass is 706 g/mol. The van der Waals surface area contributed by atoms with Crippen LogP contribution in [0.3, 0.4) is 0 Å². The third kappa shape index (κ3) is 7.56. The number of benzene rings is 2. The third-order valence-corrected chi connectivity index (χ3v) is 22.9. The summed E-state index contributed by atoms with van der Waals surface area (Å²) in [5.41, 5.74) is 5.66. The molecule has 7 heteroatoms. The molecule has 2 aliphatic rings. The van der Waals surface area contributed by atoms with Crippen LogP contribution in [-0.2, 0) is 32.1 Å². The Balaban J connectivity index is 0.00000294. The third-order valence-electron chi connectivity index (χ3n) is 9.87. The molecule has 0 aliphatic heterocycles. The average molecular weight is 709 g/mol. The van der Waals surface area contributed by atoms with E-state index in [1.54, 1.807) is 0 Å². The summed E-state index contributed by atoms with van der Waals surface area (Å²) in [6, 6.07) is 18.0. The van der Waals surface area contributed by atoms with Crippen molar-refractivity contribution in [2.45, 2.75) is 111 Å². The normalized spacial score (nSPS) is 18.2. The van der Waals surface area contributed by atoms with Crippen LogP contribution in [0.15, 0.2) is 60.0 Å². The molecule has 0 fully saturated rings. The summed E-state index contributed by atoms with van der Waals surface area (Å²) >= 11 is -1.12. The average Bonchev–Trinajstić information content (AvgIpc) is 3.36. The van der Waals surface area contributed by atoms with Crippen LogP contribution in [0, 0.1) is 0 Å². The molecule has 41 heavy (non-hydrogen) atoms. The summed E-state index contributed by atoms with van der Waals surface area (Å²) in [5, 5.41) is 0.448. The van der Waals surface area contributed by atoms with Crippen molar-refractivity contribution in [2.24, 2.45) is 0 Å². The Hall–Kier alpha value is -0.583. The van der Waals surface area contributed by atoms with Crippen molar-refractivity contribution in [3.8, 4) is 0 Å². The van der Waals surface area contributed by atoms with Gasteiger partial charge in [-0.2, -0.15) is 0 Å². The van der Waals surface area contributed by atoms with Crippen molar-refractivity contribution in [3.05, 3.63) is 82.3 Å². The molecule has 2 aromatic carbocycles. The second kappa shape index (κ2) is 14.0. The zero-order chi connectivity index (χ0) is 28.6. The first kappa shape index (κ1) is 36.6. The van der Waals surface area contributed by atoms with Crippen molar-refractivity contribution in [2.75, 3.05) is 0 Å². The fourth-order valence-corrected chi connectivity index (χ4v) is 14.9. The van der Waals surface area contributed by atoms with E-state index in [0.29, 0.717) is 7.25 Å². The van der Waals surface area contributed by atoms with Crippen molar-refractivity contribution >= 4 is 28.8 Å². The number of allylic oxidation sites excluding steroid dienone is 2. The SMILES string of the molecule is CCCC(C)(C)[Si](C)(C)OC1=Cc2ccccc2[C@@H]1[Zr+2][C@H]1C(O[Si](C)(C)C(C)(C)CCC)=Cc2ccccc21.[Cl-].[Cl-]. The van der Waals surface area contributed by atoms with Gasteiger partial charge in [0.25, 0.3) is 0 Å². The molecule has 224 valence electrons. The second-order valence-corrected chi connectivity index (χ2v) is 26.7. The molecule has 0 spiro atoms. The largest absolute Gasteiger partial charge is 1.00 e. The van der Waals surface area contributed by atoms with Crippen molar-refractivity contribution in [1.29, 1.82) is 0 Å². The summed E-state index contributed by atoms with van der Waals surface area (Å²) < 4.78 is 15.3. The van der Waals surface area contributed by atoms with E-state index in [-0.39, 0.29) is 34.9 Å². The van der Waals surface area contributed by atoms with Crippen LogP contribution in [0.4, 0.5) is 0 Å². The molecule has 0 saturated carbocycles. The molecule has 0 bridgehead atoms. The van der Waals surface area contributed by atoms with Gasteiger partial charge in [0.15, 0.2) is 0 Å². The maximum Gasteiger partial charge on any atom is -1.00 e. The van der Waals surface area contributed by atoms with Gasteiger partial charge in [-0.3, -0.25) is 0 Å².